The molecule has 0 N–H and O–H groups in total. The maximum atomic E-state index is 5.28. The van der Waals surface area contributed by atoms with Crippen LogP contribution in [0.5, 0.6) is 0 Å². The van der Waals surface area contributed by atoms with Crippen molar-refractivity contribution in [2.75, 3.05) is 13.2 Å². The van der Waals surface area contributed by atoms with E-state index in [1.165, 1.54) is 0 Å². The summed E-state index contributed by atoms with van der Waals surface area (Å²) >= 11 is 0. The molecule has 0 aliphatic heterocycles. The third kappa shape index (κ3) is 3.16. The van der Waals surface area contributed by atoms with E-state index in [1.807, 2.05) is 31.6 Å². The van der Waals surface area contributed by atoms with Gasteiger partial charge in [0, 0.05) is 12.3 Å². The van der Waals surface area contributed by atoms with Gasteiger partial charge in [-0.1, -0.05) is 5.21 Å². The van der Waals surface area contributed by atoms with Crippen LogP contribution < -0.4 is 0 Å². The van der Waals surface area contributed by atoms with Crippen LogP contribution in [0.1, 0.15) is 24.0 Å². The molecule has 0 radical (unpaired) electrons. The zero-order valence-electron chi connectivity index (χ0n) is 11.1. The SMILES string of the molecule is CCOCCn1cc(Cn2nc(C)cc2C)nn1. The Morgan fingerprint density at radius 2 is 2.17 bits per heavy atom. The van der Waals surface area contributed by atoms with E-state index in [0.717, 1.165) is 30.2 Å². The summed E-state index contributed by atoms with van der Waals surface area (Å²) in [5.41, 5.74) is 3.07. The molecule has 0 atom stereocenters. The van der Waals surface area contributed by atoms with Crippen LogP contribution in [0.2, 0.25) is 0 Å². The fraction of sp³-hybridized carbons (Fsp3) is 0.583. The Morgan fingerprint density at radius 3 is 2.83 bits per heavy atom. The second kappa shape index (κ2) is 5.77. The number of hydrogen-bond donors (Lipinski definition) is 0. The van der Waals surface area contributed by atoms with Gasteiger partial charge in [-0.2, -0.15) is 5.10 Å². The molecule has 0 spiro atoms. The fourth-order valence-electron chi connectivity index (χ4n) is 1.81. The van der Waals surface area contributed by atoms with E-state index in [2.05, 4.69) is 21.5 Å². The Kier molecular flexibility index (Phi) is 4.09. The van der Waals surface area contributed by atoms with E-state index >= 15 is 0 Å². The predicted molar refractivity (Wildman–Crippen MR) is 67.3 cm³/mol. The molecule has 0 fully saturated rings. The number of aromatic nitrogens is 5. The van der Waals surface area contributed by atoms with E-state index in [4.69, 9.17) is 4.74 Å². The predicted octanol–water partition coefficient (Wildman–Crippen LogP) is 1.18. The second-order valence-corrected chi connectivity index (χ2v) is 4.25. The van der Waals surface area contributed by atoms with Crippen molar-refractivity contribution < 1.29 is 4.74 Å². The summed E-state index contributed by atoms with van der Waals surface area (Å²) in [4.78, 5) is 0. The third-order valence-electron chi connectivity index (χ3n) is 2.67. The summed E-state index contributed by atoms with van der Waals surface area (Å²) in [7, 11) is 0. The number of hydrogen-bond acceptors (Lipinski definition) is 4. The summed E-state index contributed by atoms with van der Waals surface area (Å²) in [6, 6.07) is 2.06. The molecule has 2 heterocycles. The van der Waals surface area contributed by atoms with Crippen LogP contribution in [0.3, 0.4) is 0 Å². The number of nitrogens with zero attached hydrogens (tertiary/aromatic N) is 5. The van der Waals surface area contributed by atoms with Crippen molar-refractivity contribution in [3.05, 3.63) is 29.3 Å². The normalized spacial score (nSPS) is 11.1. The van der Waals surface area contributed by atoms with Gasteiger partial charge < -0.3 is 4.74 Å². The van der Waals surface area contributed by atoms with Gasteiger partial charge >= 0.3 is 0 Å². The summed E-state index contributed by atoms with van der Waals surface area (Å²) in [5.74, 6) is 0. The lowest BCUT2D eigenvalue weighted by atomic mass is 10.4. The van der Waals surface area contributed by atoms with Crippen LogP contribution >= 0.6 is 0 Å². The minimum Gasteiger partial charge on any atom is -0.380 e. The average molecular weight is 249 g/mol. The van der Waals surface area contributed by atoms with E-state index in [0.29, 0.717) is 13.2 Å². The molecule has 0 aromatic carbocycles. The minimum atomic E-state index is 0.661. The van der Waals surface area contributed by atoms with Crippen molar-refractivity contribution in [2.45, 2.75) is 33.9 Å². The first-order valence-electron chi connectivity index (χ1n) is 6.17. The first-order valence-corrected chi connectivity index (χ1v) is 6.17. The lowest BCUT2D eigenvalue weighted by molar-refractivity contribution is 0.136. The van der Waals surface area contributed by atoms with Gasteiger partial charge in [0.1, 0.15) is 5.69 Å². The molecule has 0 amide bonds. The number of rotatable bonds is 6. The highest BCUT2D eigenvalue weighted by atomic mass is 16.5. The van der Waals surface area contributed by atoms with Gasteiger partial charge in [-0.05, 0) is 26.8 Å². The van der Waals surface area contributed by atoms with Gasteiger partial charge in [0.25, 0.3) is 0 Å². The van der Waals surface area contributed by atoms with Crippen molar-refractivity contribution in [3.63, 3.8) is 0 Å². The van der Waals surface area contributed by atoms with E-state index in [9.17, 15) is 0 Å². The molecule has 0 saturated carbocycles. The van der Waals surface area contributed by atoms with E-state index < -0.39 is 0 Å². The topological polar surface area (TPSA) is 57.8 Å². The Labute approximate surface area is 107 Å². The van der Waals surface area contributed by atoms with E-state index in [-0.39, 0.29) is 0 Å². The average Bonchev–Trinajstić information content (AvgIpc) is 2.88. The van der Waals surface area contributed by atoms with Crippen molar-refractivity contribution >= 4 is 0 Å². The molecular weight excluding hydrogens is 230 g/mol. The minimum absolute atomic E-state index is 0.661. The highest BCUT2D eigenvalue weighted by Gasteiger charge is 2.05. The molecule has 6 heteroatoms. The van der Waals surface area contributed by atoms with Crippen LogP contribution in [0, 0.1) is 13.8 Å². The molecule has 98 valence electrons. The molecular formula is C12H19N5O. The molecule has 2 aromatic rings. The molecule has 18 heavy (non-hydrogen) atoms. The van der Waals surface area contributed by atoms with Crippen LogP contribution in [0.25, 0.3) is 0 Å². The summed E-state index contributed by atoms with van der Waals surface area (Å²) in [5, 5.41) is 12.6. The van der Waals surface area contributed by atoms with Crippen molar-refractivity contribution in [3.8, 4) is 0 Å². The Morgan fingerprint density at radius 1 is 1.33 bits per heavy atom. The lowest BCUT2D eigenvalue weighted by Gasteiger charge is -2.01. The third-order valence-corrected chi connectivity index (χ3v) is 2.67. The summed E-state index contributed by atoms with van der Waals surface area (Å²) in [6.07, 6.45) is 1.94. The second-order valence-electron chi connectivity index (χ2n) is 4.25. The highest BCUT2D eigenvalue weighted by Crippen LogP contribution is 2.04. The highest BCUT2D eigenvalue weighted by molar-refractivity contribution is 5.08. The molecule has 0 saturated heterocycles. The smallest absolute Gasteiger partial charge is 0.104 e. The maximum Gasteiger partial charge on any atom is 0.104 e. The zero-order chi connectivity index (χ0) is 13.0. The van der Waals surface area contributed by atoms with Crippen LogP contribution in [-0.2, 0) is 17.8 Å². The molecule has 6 nitrogen and oxygen atoms in total. The van der Waals surface area contributed by atoms with Crippen LogP contribution in [0.15, 0.2) is 12.3 Å². The van der Waals surface area contributed by atoms with Crippen molar-refractivity contribution in [2.24, 2.45) is 0 Å². The van der Waals surface area contributed by atoms with Gasteiger partial charge in [-0.3, -0.25) is 4.68 Å². The summed E-state index contributed by atoms with van der Waals surface area (Å²) < 4.78 is 9.02. The first kappa shape index (κ1) is 12.8. The Balaban J connectivity index is 1.96. The lowest BCUT2D eigenvalue weighted by Crippen LogP contribution is -2.06. The Hall–Kier alpha value is -1.69. The number of aryl methyl sites for hydroxylation is 2. The molecule has 0 aliphatic rings. The van der Waals surface area contributed by atoms with E-state index in [1.54, 1.807) is 4.68 Å². The molecule has 0 bridgehead atoms. The van der Waals surface area contributed by atoms with Gasteiger partial charge in [0.15, 0.2) is 0 Å². The largest absolute Gasteiger partial charge is 0.380 e. The van der Waals surface area contributed by atoms with Gasteiger partial charge in [0.05, 0.1) is 31.6 Å². The van der Waals surface area contributed by atoms with Crippen molar-refractivity contribution in [1.29, 1.82) is 0 Å². The maximum absolute atomic E-state index is 5.28. The van der Waals surface area contributed by atoms with Crippen molar-refractivity contribution in [1.82, 2.24) is 24.8 Å². The zero-order valence-corrected chi connectivity index (χ0v) is 11.1. The molecule has 0 unspecified atom stereocenters. The number of ether oxygens (including phenoxy) is 1. The Bertz CT molecular complexity index is 502. The quantitative estimate of drug-likeness (QED) is 0.721. The molecule has 0 aliphatic carbocycles. The fourth-order valence-corrected chi connectivity index (χ4v) is 1.81. The summed E-state index contributed by atoms with van der Waals surface area (Å²) in [6.45, 7) is 8.80. The van der Waals surface area contributed by atoms with Crippen LogP contribution in [-0.4, -0.2) is 38.0 Å². The van der Waals surface area contributed by atoms with Gasteiger partial charge in [-0.25, -0.2) is 4.68 Å². The molecule has 2 rings (SSSR count). The first-order chi connectivity index (χ1) is 8.69. The van der Waals surface area contributed by atoms with Gasteiger partial charge in [0.2, 0.25) is 0 Å². The standard InChI is InChI=1S/C12H19N5O/c1-4-18-6-5-16-8-12(13-15-16)9-17-11(3)7-10(2)14-17/h7-8H,4-6,9H2,1-3H3. The monoisotopic (exact) mass is 249 g/mol. The van der Waals surface area contributed by atoms with Crippen LogP contribution in [0.4, 0.5) is 0 Å². The van der Waals surface area contributed by atoms with Gasteiger partial charge in [-0.15, -0.1) is 5.10 Å². The molecule has 2 aromatic heterocycles.